The van der Waals surface area contributed by atoms with Crippen molar-refractivity contribution in [3.63, 3.8) is 0 Å². The van der Waals surface area contributed by atoms with Crippen molar-refractivity contribution in [3.8, 4) is 0 Å². The molecule has 4 atom stereocenters. The smallest absolute Gasteiger partial charge is 0.387 e. The second-order valence-corrected chi connectivity index (χ2v) is 5.99. The molecular weight excluding hydrogens is 314 g/mol. The first kappa shape index (κ1) is 17.1. The molecule has 1 aliphatic heterocycles. The molecule has 1 aliphatic rings. The quantitative estimate of drug-likeness (QED) is 0.199. The Kier molecular flexibility index (Phi) is 4.91. The van der Waals surface area contributed by atoms with Gasteiger partial charge in [-0.25, -0.2) is 13.7 Å². The zero-order chi connectivity index (χ0) is 15.1. The number of hydrogen-bond donors (Lipinski definition) is 7. The van der Waals surface area contributed by atoms with E-state index in [1.807, 2.05) is 0 Å². The van der Waals surface area contributed by atoms with E-state index >= 15 is 0 Å². The summed E-state index contributed by atoms with van der Waals surface area (Å²) in [7, 11) is -10.2. The first-order valence-corrected chi connectivity index (χ1v) is 7.63. The van der Waals surface area contributed by atoms with Crippen molar-refractivity contribution in [1.82, 2.24) is 0 Å². The average molecular weight is 326 g/mol. The van der Waals surface area contributed by atoms with Crippen LogP contribution in [0.3, 0.4) is 0 Å². The van der Waals surface area contributed by atoms with Gasteiger partial charge in [0.05, 0.1) is 6.61 Å². The maximum atomic E-state index is 10.6. The van der Waals surface area contributed by atoms with Crippen molar-refractivity contribution in [1.29, 1.82) is 0 Å². The van der Waals surface area contributed by atoms with Crippen molar-refractivity contribution >= 4 is 15.6 Å². The molecule has 14 heteroatoms. The predicted molar refractivity (Wildman–Crippen MR) is 53.0 cm³/mol. The fourth-order valence-electron chi connectivity index (χ4n) is 1.32. The second-order valence-electron chi connectivity index (χ2n) is 3.59. The van der Waals surface area contributed by atoms with Gasteiger partial charge in [-0.3, -0.25) is 4.52 Å². The van der Waals surface area contributed by atoms with Crippen LogP contribution in [0.5, 0.6) is 0 Å². The van der Waals surface area contributed by atoms with Crippen LogP contribution < -0.4 is 0 Å². The molecule has 7 N–H and O–H groups in total. The lowest BCUT2D eigenvalue weighted by atomic mass is 10.1. The zero-order valence-corrected chi connectivity index (χ0v) is 10.8. The molecule has 2 unspecified atom stereocenters. The largest absolute Gasteiger partial charge is 0.474 e. The Hall–Kier alpha value is 0.0600. The van der Waals surface area contributed by atoms with Crippen molar-refractivity contribution in [2.45, 2.75) is 24.3 Å². The molecule has 0 amide bonds. The van der Waals surface area contributed by atoms with Crippen LogP contribution in [0.1, 0.15) is 0 Å². The highest BCUT2D eigenvalue weighted by atomic mass is 31.2. The number of hydrogen-bond acceptors (Lipinski definition) is 8. The van der Waals surface area contributed by atoms with Gasteiger partial charge in [0.1, 0.15) is 12.2 Å². The van der Waals surface area contributed by atoms with Gasteiger partial charge in [-0.05, 0) is 0 Å². The van der Waals surface area contributed by atoms with E-state index < -0.39 is 46.5 Å². The fourth-order valence-corrected chi connectivity index (χ4v) is 2.16. The molecule has 0 aliphatic carbocycles. The van der Waals surface area contributed by atoms with E-state index in [0.717, 1.165) is 0 Å². The van der Waals surface area contributed by atoms with Gasteiger partial charge in [-0.2, -0.15) is 0 Å². The van der Waals surface area contributed by atoms with Crippen LogP contribution >= 0.6 is 15.6 Å². The number of rotatable bonds is 5. The number of aliphatic hydroxyl groups is 3. The number of aliphatic hydroxyl groups excluding tert-OH is 2. The zero-order valence-electron chi connectivity index (χ0n) is 9.01. The van der Waals surface area contributed by atoms with Gasteiger partial charge in [0.15, 0.2) is 6.10 Å². The minimum absolute atomic E-state index is 0.963. The molecule has 114 valence electrons. The molecule has 1 rings (SSSR count). The van der Waals surface area contributed by atoms with Gasteiger partial charge >= 0.3 is 21.6 Å². The van der Waals surface area contributed by atoms with Gasteiger partial charge < -0.3 is 39.6 Å². The topological polar surface area (TPSA) is 203 Å². The van der Waals surface area contributed by atoms with E-state index in [2.05, 4.69) is 13.8 Å². The summed E-state index contributed by atoms with van der Waals surface area (Å²) < 4.78 is 33.1. The summed E-state index contributed by atoms with van der Waals surface area (Å²) in [6.45, 7) is -0.963. The summed E-state index contributed by atoms with van der Waals surface area (Å²) in [5.74, 6) is -3.23. The Morgan fingerprint density at radius 3 is 2.05 bits per heavy atom. The van der Waals surface area contributed by atoms with Crippen molar-refractivity contribution < 1.29 is 57.8 Å². The van der Waals surface area contributed by atoms with Crippen LogP contribution in [-0.2, 0) is 22.9 Å². The maximum absolute atomic E-state index is 10.6. The third-order valence-electron chi connectivity index (χ3n) is 2.06. The van der Waals surface area contributed by atoms with E-state index in [0.29, 0.717) is 0 Å². The molecule has 0 aromatic carbocycles. The molecule has 1 saturated heterocycles. The molecule has 19 heavy (non-hydrogen) atoms. The first-order chi connectivity index (χ1) is 8.34. The number of phosphoric acid groups is 2. The Morgan fingerprint density at radius 1 is 1.11 bits per heavy atom. The third-order valence-corrected chi connectivity index (χ3v) is 3.04. The van der Waals surface area contributed by atoms with Crippen LogP contribution in [0.25, 0.3) is 0 Å². The van der Waals surface area contributed by atoms with E-state index in [9.17, 15) is 24.4 Å². The minimum atomic E-state index is -5.26. The van der Waals surface area contributed by atoms with Crippen LogP contribution in [0.2, 0.25) is 0 Å². The van der Waals surface area contributed by atoms with Crippen LogP contribution in [0.4, 0.5) is 0 Å². The summed E-state index contributed by atoms with van der Waals surface area (Å²) in [5.41, 5.74) is 0. The van der Waals surface area contributed by atoms with Crippen molar-refractivity contribution in [2.24, 2.45) is 0 Å². The highest BCUT2D eigenvalue weighted by Crippen LogP contribution is 2.46. The van der Waals surface area contributed by atoms with Crippen LogP contribution in [0, 0.1) is 0 Å². The van der Waals surface area contributed by atoms with Gasteiger partial charge in [-0.15, -0.1) is 0 Å². The van der Waals surface area contributed by atoms with E-state index in [1.54, 1.807) is 0 Å². The lowest BCUT2D eigenvalue weighted by Gasteiger charge is -2.25. The SMILES string of the molecule is O=P(O)(O)OC[C@H]1O[C@](O)(OP(=O)(O)O)C(O)C1O. The molecule has 0 bridgehead atoms. The molecule has 1 heterocycles. The standard InChI is InChI=1S/C5H12O12P2/c6-3-2(1-15-18(9,10)11)16-5(8,4(3)7)17-19(12,13)14/h2-4,6-8H,1H2,(H2,9,10,11)(H2,12,13,14)/t2-,3?,4?,5+/m1/s1. The Morgan fingerprint density at radius 2 is 1.63 bits per heavy atom. The van der Waals surface area contributed by atoms with E-state index in [4.69, 9.17) is 19.6 Å². The molecule has 0 saturated carbocycles. The molecule has 1 fully saturated rings. The Labute approximate surface area is 105 Å². The Bertz CT molecular complexity index is 412. The third kappa shape index (κ3) is 4.83. The van der Waals surface area contributed by atoms with Gasteiger partial charge in [0.2, 0.25) is 0 Å². The van der Waals surface area contributed by atoms with Gasteiger partial charge in [0.25, 0.3) is 0 Å². The summed E-state index contributed by atoms with van der Waals surface area (Å²) in [6, 6.07) is 0. The lowest BCUT2D eigenvalue weighted by molar-refractivity contribution is -0.343. The summed E-state index contributed by atoms with van der Waals surface area (Å²) in [5, 5.41) is 28.2. The number of ether oxygens (including phenoxy) is 1. The Balaban J connectivity index is 2.75. The predicted octanol–water partition coefficient (Wildman–Crippen LogP) is -3.03. The molecule has 0 aromatic rings. The molecular formula is C5H12O12P2. The normalized spacial score (nSPS) is 36.7. The average Bonchev–Trinajstić information content (AvgIpc) is 2.36. The molecule has 0 radical (unpaired) electrons. The van der Waals surface area contributed by atoms with Crippen LogP contribution in [-0.4, -0.2) is 65.8 Å². The lowest BCUT2D eigenvalue weighted by Crippen LogP contribution is -2.44. The highest BCUT2D eigenvalue weighted by Gasteiger charge is 2.58. The second kappa shape index (κ2) is 5.45. The number of phosphoric ester groups is 2. The van der Waals surface area contributed by atoms with E-state index in [1.165, 1.54) is 0 Å². The van der Waals surface area contributed by atoms with E-state index in [-0.39, 0.29) is 0 Å². The first-order valence-electron chi connectivity index (χ1n) is 4.57. The monoisotopic (exact) mass is 326 g/mol. The highest BCUT2D eigenvalue weighted by molar-refractivity contribution is 7.46. The summed E-state index contributed by atoms with van der Waals surface area (Å²) >= 11 is 0. The van der Waals surface area contributed by atoms with Crippen LogP contribution in [0.15, 0.2) is 0 Å². The summed E-state index contributed by atoms with van der Waals surface area (Å²) in [4.78, 5) is 33.8. The summed E-state index contributed by atoms with van der Waals surface area (Å²) in [6.07, 6.45) is -5.92. The maximum Gasteiger partial charge on any atom is 0.474 e. The molecule has 0 spiro atoms. The van der Waals surface area contributed by atoms with Crippen molar-refractivity contribution in [3.05, 3.63) is 0 Å². The minimum Gasteiger partial charge on any atom is -0.387 e. The molecule has 0 aromatic heterocycles. The fraction of sp³-hybridized carbons (Fsp3) is 1.00. The molecule has 12 nitrogen and oxygen atoms in total. The van der Waals surface area contributed by atoms with Crippen molar-refractivity contribution in [2.75, 3.05) is 6.61 Å². The van der Waals surface area contributed by atoms with Gasteiger partial charge in [-0.1, -0.05) is 0 Å². The van der Waals surface area contributed by atoms with Gasteiger partial charge in [0, 0.05) is 0 Å².